The van der Waals surface area contributed by atoms with E-state index in [0.29, 0.717) is 23.5 Å². The van der Waals surface area contributed by atoms with Gasteiger partial charge in [0.1, 0.15) is 18.0 Å². The van der Waals surface area contributed by atoms with Crippen LogP contribution in [0.15, 0.2) is 39.6 Å². The van der Waals surface area contributed by atoms with E-state index in [1.54, 1.807) is 25.1 Å². The molecule has 6 atom stereocenters. The van der Waals surface area contributed by atoms with E-state index >= 15 is 0 Å². The summed E-state index contributed by atoms with van der Waals surface area (Å²) in [5, 5.41) is 0. The Hall–Kier alpha value is -2.61. The molecular weight excluding hydrogens is 384 g/mol. The van der Waals surface area contributed by atoms with Crippen molar-refractivity contribution >= 4 is 33.6 Å². The van der Waals surface area contributed by atoms with Crippen molar-refractivity contribution in [1.29, 1.82) is 0 Å². The summed E-state index contributed by atoms with van der Waals surface area (Å²) >= 11 is 1.04. The predicted molar refractivity (Wildman–Crippen MR) is 99.0 cm³/mol. The van der Waals surface area contributed by atoms with Gasteiger partial charge in [0.25, 0.3) is 0 Å². The molecule has 0 radical (unpaired) electrons. The summed E-state index contributed by atoms with van der Waals surface area (Å²) in [5.74, 6) is -0.380. The Bertz CT molecular complexity index is 1050. The second-order valence-electron chi connectivity index (χ2n) is 7.68. The van der Waals surface area contributed by atoms with Crippen LogP contribution in [0.2, 0.25) is 0 Å². The van der Waals surface area contributed by atoms with Crippen LogP contribution in [-0.4, -0.2) is 30.8 Å². The van der Waals surface area contributed by atoms with Gasteiger partial charge in [0, 0.05) is 29.4 Å². The summed E-state index contributed by atoms with van der Waals surface area (Å²) in [6.45, 7) is 5.52. The zero-order valence-corrected chi connectivity index (χ0v) is 15.9. The van der Waals surface area contributed by atoms with E-state index in [1.165, 1.54) is 0 Å². The molecule has 1 aromatic heterocycles. The summed E-state index contributed by atoms with van der Waals surface area (Å²) in [6, 6.07) is 5.22. The van der Waals surface area contributed by atoms with Gasteiger partial charge in [-0.15, -0.1) is 0 Å². The van der Waals surface area contributed by atoms with Crippen LogP contribution in [-0.2, 0) is 19.1 Å². The minimum absolute atomic E-state index is 0.0116. The topological polar surface area (TPSA) is 92.0 Å². The summed E-state index contributed by atoms with van der Waals surface area (Å²) in [4.78, 5) is 35.4. The summed E-state index contributed by atoms with van der Waals surface area (Å²) < 4.78 is 22.9. The number of ether oxygens (including phenoxy) is 3. The molecule has 6 unspecified atom stereocenters. The molecule has 146 valence electrons. The van der Waals surface area contributed by atoms with Gasteiger partial charge < -0.3 is 18.6 Å². The highest BCUT2D eigenvalue weighted by atomic mass is 32.1. The number of carbonyl (C=O) groups is 2. The fourth-order valence-electron chi connectivity index (χ4n) is 4.88. The minimum atomic E-state index is -0.463. The van der Waals surface area contributed by atoms with E-state index in [-0.39, 0.29) is 40.7 Å². The first-order valence-electron chi connectivity index (χ1n) is 9.16. The zero-order chi connectivity index (χ0) is 19.6. The van der Waals surface area contributed by atoms with E-state index in [0.717, 1.165) is 22.5 Å². The van der Waals surface area contributed by atoms with Crippen LogP contribution in [0.5, 0.6) is 5.75 Å². The first-order valence-corrected chi connectivity index (χ1v) is 9.97. The maximum atomic E-state index is 12.4. The van der Waals surface area contributed by atoms with Gasteiger partial charge in [0.05, 0.1) is 17.2 Å². The zero-order valence-electron chi connectivity index (χ0n) is 15.1. The van der Waals surface area contributed by atoms with E-state index in [2.05, 4.69) is 6.58 Å². The Morgan fingerprint density at radius 3 is 2.93 bits per heavy atom. The standard InChI is InChI=1S/C20H18O7S/c1-8(2)18(21)26-16-10-6-11-15(19(22)27-17(11)16)12(10)7-24-9-3-4-14-13(5-9)25-20(23)28-14/h3-5,10-12,15-17H,1,6-7H2,2H3. The molecule has 1 saturated heterocycles. The molecule has 3 fully saturated rings. The quantitative estimate of drug-likeness (QED) is 0.560. The third kappa shape index (κ3) is 2.58. The number of hydrogen-bond acceptors (Lipinski definition) is 8. The van der Waals surface area contributed by atoms with Gasteiger partial charge >= 0.3 is 16.9 Å². The van der Waals surface area contributed by atoms with E-state index in [9.17, 15) is 14.4 Å². The smallest absolute Gasteiger partial charge is 0.396 e. The Balaban J connectivity index is 1.35. The molecule has 28 heavy (non-hydrogen) atoms. The van der Waals surface area contributed by atoms with Crippen LogP contribution < -0.4 is 9.68 Å². The minimum Gasteiger partial charge on any atom is -0.493 e. The first kappa shape index (κ1) is 17.5. The largest absolute Gasteiger partial charge is 0.493 e. The molecule has 2 aliphatic carbocycles. The average molecular weight is 402 g/mol. The third-order valence-corrected chi connectivity index (χ3v) is 6.85. The fraction of sp³-hybridized carbons (Fsp3) is 0.450. The lowest BCUT2D eigenvalue weighted by Crippen LogP contribution is -2.42. The van der Waals surface area contributed by atoms with Crippen molar-refractivity contribution in [2.24, 2.45) is 23.7 Å². The Morgan fingerprint density at radius 1 is 1.32 bits per heavy atom. The number of hydrogen-bond donors (Lipinski definition) is 0. The van der Waals surface area contributed by atoms with Crippen LogP contribution >= 0.6 is 11.3 Å². The molecular formula is C20H18O7S. The van der Waals surface area contributed by atoms with E-state index in [4.69, 9.17) is 18.6 Å². The molecule has 2 saturated carbocycles. The lowest BCUT2D eigenvalue weighted by molar-refractivity contribution is -0.158. The average Bonchev–Trinajstić information content (AvgIpc) is 3.34. The van der Waals surface area contributed by atoms with Gasteiger partial charge in [0.15, 0.2) is 5.58 Å². The van der Waals surface area contributed by atoms with Crippen molar-refractivity contribution in [2.75, 3.05) is 6.61 Å². The van der Waals surface area contributed by atoms with Crippen LogP contribution in [0.1, 0.15) is 13.3 Å². The molecule has 2 bridgehead atoms. The van der Waals surface area contributed by atoms with Gasteiger partial charge in [0.2, 0.25) is 0 Å². The van der Waals surface area contributed by atoms with Crippen molar-refractivity contribution in [3.8, 4) is 5.75 Å². The second kappa shape index (κ2) is 6.20. The van der Waals surface area contributed by atoms with Crippen molar-refractivity contribution in [1.82, 2.24) is 0 Å². The van der Waals surface area contributed by atoms with Crippen LogP contribution in [0.25, 0.3) is 10.3 Å². The number of benzene rings is 1. The van der Waals surface area contributed by atoms with Gasteiger partial charge in [-0.25, -0.2) is 9.59 Å². The summed E-state index contributed by atoms with van der Waals surface area (Å²) in [5.41, 5.74) is 0.802. The third-order valence-electron chi connectivity index (χ3n) is 6.04. The van der Waals surface area contributed by atoms with Crippen molar-refractivity contribution in [3.63, 3.8) is 0 Å². The highest BCUT2D eigenvalue weighted by Crippen LogP contribution is 2.58. The summed E-state index contributed by atoms with van der Waals surface area (Å²) in [7, 11) is 0. The molecule has 2 heterocycles. The lowest BCUT2D eigenvalue weighted by atomic mass is 9.79. The number of esters is 2. The van der Waals surface area contributed by atoms with Crippen LogP contribution in [0.3, 0.4) is 0 Å². The van der Waals surface area contributed by atoms with Crippen LogP contribution in [0, 0.1) is 23.7 Å². The van der Waals surface area contributed by atoms with Gasteiger partial charge in [-0.1, -0.05) is 17.9 Å². The van der Waals surface area contributed by atoms with Crippen molar-refractivity contribution in [2.45, 2.75) is 25.6 Å². The monoisotopic (exact) mass is 402 g/mol. The molecule has 0 N–H and O–H groups in total. The number of rotatable bonds is 5. The molecule has 3 aliphatic rings. The molecule has 1 aliphatic heterocycles. The highest BCUT2D eigenvalue weighted by molar-refractivity contribution is 7.16. The fourth-order valence-corrected chi connectivity index (χ4v) is 5.53. The molecule has 2 aromatic rings. The van der Waals surface area contributed by atoms with Crippen molar-refractivity contribution < 1.29 is 28.2 Å². The van der Waals surface area contributed by atoms with Crippen molar-refractivity contribution in [3.05, 3.63) is 40.1 Å². The SMILES string of the molecule is C=C(C)C(=O)OC1C2CC3C1OC(=O)C3C2COc1ccc2sc(=O)oc2c1. The highest BCUT2D eigenvalue weighted by Gasteiger charge is 2.68. The summed E-state index contributed by atoms with van der Waals surface area (Å²) in [6.07, 6.45) is -0.0387. The Labute approximate surface area is 163 Å². The number of carbonyl (C=O) groups excluding carboxylic acids is 2. The second-order valence-corrected chi connectivity index (χ2v) is 8.66. The predicted octanol–water partition coefficient (Wildman–Crippen LogP) is 2.53. The number of fused-ring (bicyclic) bond motifs is 2. The normalized spacial score (nSPS) is 32.5. The Morgan fingerprint density at radius 2 is 2.14 bits per heavy atom. The molecule has 7 nitrogen and oxygen atoms in total. The maximum Gasteiger partial charge on any atom is 0.396 e. The van der Waals surface area contributed by atoms with Gasteiger partial charge in [-0.05, 0) is 25.5 Å². The lowest BCUT2D eigenvalue weighted by Gasteiger charge is -2.31. The van der Waals surface area contributed by atoms with Gasteiger partial charge in [-0.3, -0.25) is 4.79 Å². The first-order chi connectivity index (χ1) is 13.4. The molecule has 0 amide bonds. The molecule has 1 aromatic carbocycles. The maximum absolute atomic E-state index is 12.4. The molecule has 0 spiro atoms. The van der Waals surface area contributed by atoms with E-state index in [1.807, 2.05) is 0 Å². The van der Waals surface area contributed by atoms with E-state index < -0.39 is 12.1 Å². The molecule has 5 rings (SSSR count). The molecule has 8 heteroatoms. The Kier molecular flexibility index (Phi) is 3.87. The van der Waals surface area contributed by atoms with Crippen LogP contribution in [0.4, 0.5) is 0 Å². The van der Waals surface area contributed by atoms with Gasteiger partial charge in [-0.2, -0.15) is 0 Å².